The topological polar surface area (TPSA) is 31.6 Å². The lowest BCUT2D eigenvalue weighted by atomic mass is 10.1. The summed E-state index contributed by atoms with van der Waals surface area (Å²) < 4.78 is 15.8. The summed E-state index contributed by atoms with van der Waals surface area (Å²) in [6.07, 6.45) is 1.71. The lowest BCUT2D eigenvalue weighted by molar-refractivity contribution is 0.404. The van der Waals surface area contributed by atoms with Crippen molar-refractivity contribution in [3.63, 3.8) is 0 Å². The maximum Gasteiger partial charge on any atom is 0.127 e. The standard InChI is InChI=1S/C13H14O3/c1-9-6-10(8-16-9)12-7-11(14-2)4-5-13(12)15-3/h4-8H,1-3H3. The van der Waals surface area contributed by atoms with Gasteiger partial charge in [-0.05, 0) is 31.2 Å². The van der Waals surface area contributed by atoms with Crippen molar-refractivity contribution < 1.29 is 13.9 Å². The quantitative estimate of drug-likeness (QED) is 0.792. The second kappa shape index (κ2) is 4.31. The molecule has 0 amide bonds. The molecule has 0 N–H and O–H groups in total. The van der Waals surface area contributed by atoms with E-state index in [9.17, 15) is 0 Å². The minimum absolute atomic E-state index is 0.801. The summed E-state index contributed by atoms with van der Waals surface area (Å²) in [5, 5.41) is 0. The van der Waals surface area contributed by atoms with Crippen LogP contribution in [0.1, 0.15) is 5.76 Å². The molecule has 1 aromatic carbocycles. The Hall–Kier alpha value is -1.90. The van der Waals surface area contributed by atoms with Gasteiger partial charge in [-0.3, -0.25) is 0 Å². The third-order valence-corrected chi connectivity index (χ3v) is 2.45. The van der Waals surface area contributed by atoms with Crippen LogP contribution >= 0.6 is 0 Å². The number of benzene rings is 1. The molecule has 3 nitrogen and oxygen atoms in total. The highest BCUT2D eigenvalue weighted by Crippen LogP contribution is 2.34. The van der Waals surface area contributed by atoms with Crippen LogP contribution in [0.15, 0.2) is 34.9 Å². The summed E-state index contributed by atoms with van der Waals surface area (Å²) in [6, 6.07) is 7.66. The summed E-state index contributed by atoms with van der Waals surface area (Å²) in [5.74, 6) is 2.48. The molecule has 1 aromatic heterocycles. The molecule has 16 heavy (non-hydrogen) atoms. The largest absolute Gasteiger partial charge is 0.497 e. The van der Waals surface area contributed by atoms with Gasteiger partial charge < -0.3 is 13.9 Å². The first kappa shape index (κ1) is 10.6. The Labute approximate surface area is 94.6 Å². The molecule has 0 spiro atoms. The number of aryl methyl sites for hydroxylation is 1. The molecule has 1 heterocycles. The Morgan fingerprint density at radius 1 is 1.06 bits per heavy atom. The molecule has 0 radical (unpaired) electrons. The van der Waals surface area contributed by atoms with Crippen LogP contribution in [0.5, 0.6) is 11.5 Å². The molecule has 0 fully saturated rings. The van der Waals surface area contributed by atoms with E-state index in [0.717, 1.165) is 28.4 Å². The monoisotopic (exact) mass is 218 g/mol. The van der Waals surface area contributed by atoms with Gasteiger partial charge in [0.2, 0.25) is 0 Å². The summed E-state index contributed by atoms with van der Waals surface area (Å²) in [5.41, 5.74) is 1.96. The lowest BCUT2D eigenvalue weighted by Gasteiger charge is -2.08. The zero-order chi connectivity index (χ0) is 11.5. The van der Waals surface area contributed by atoms with Crippen LogP contribution in [0.4, 0.5) is 0 Å². The van der Waals surface area contributed by atoms with Gasteiger partial charge in [0.1, 0.15) is 17.3 Å². The van der Waals surface area contributed by atoms with Crippen molar-refractivity contribution in [1.82, 2.24) is 0 Å². The molecule has 0 atom stereocenters. The van der Waals surface area contributed by atoms with Gasteiger partial charge in [0.25, 0.3) is 0 Å². The van der Waals surface area contributed by atoms with E-state index in [4.69, 9.17) is 13.9 Å². The van der Waals surface area contributed by atoms with E-state index < -0.39 is 0 Å². The van der Waals surface area contributed by atoms with Crippen LogP contribution in [0.3, 0.4) is 0 Å². The highest BCUT2D eigenvalue weighted by atomic mass is 16.5. The summed E-state index contributed by atoms with van der Waals surface area (Å²) >= 11 is 0. The lowest BCUT2D eigenvalue weighted by Crippen LogP contribution is -1.89. The van der Waals surface area contributed by atoms with Crippen LogP contribution < -0.4 is 9.47 Å². The van der Waals surface area contributed by atoms with Crippen molar-refractivity contribution in [3.8, 4) is 22.6 Å². The predicted octanol–water partition coefficient (Wildman–Crippen LogP) is 3.27. The molecule has 3 heteroatoms. The van der Waals surface area contributed by atoms with E-state index in [0.29, 0.717) is 0 Å². The Morgan fingerprint density at radius 3 is 2.44 bits per heavy atom. The zero-order valence-electron chi connectivity index (χ0n) is 9.61. The highest BCUT2D eigenvalue weighted by molar-refractivity contribution is 5.71. The van der Waals surface area contributed by atoms with Crippen molar-refractivity contribution >= 4 is 0 Å². The van der Waals surface area contributed by atoms with E-state index in [1.807, 2.05) is 31.2 Å². The molecule has 0 aliphatic carbocycles. The van der Waals surface area contributed by atoms with Crippen molar-refractivity contribution in [2.45, 2.75) is 6.92 Å². The van der Waals surface area contributed by atoms with Crippen LogP contribution in [0.2, 0.25) is 0 Å². The average Bonchev–Trinajstić information content (AvgIpc) is 2.75. The first-order valence-corrected chi connectivity index (χ1v) is 5.02. The number of hydrogen-bond acceptors (Lipinski definition) is 3. The Bertz CT molecular complexity index is 486. The van der Waals surface area contributed by atoms with E-state index in [-0.39, 0.29) is 0 Å². The van der Waals surface area contributed by atoms with Crippen molar-refractivity contribution in [2.75, 3.05) is 14.2 Å². The molecule has 0 bridgehead atoms. The maximum absolute atomic E-state index is 5.31. The Morgan fingerprint density at radius 2 is 1.88 bits per heavy atom. The Kier molecular flexibility index (Phi) is 2.86. The van der Waals surface area contributed by atoms with E-state index in [1.165, 1.54) is 0 Å². The molecular weight excluding hydrogens is 204 g/mol. The zero-order valence-corrected chi connectivity index (χ0v) is 9.61. The second-order valence-electron chi connectivity index (χ2n) is 3.51. The predicted molar refractivity (Wildman–Crippen MR) is 62.0 cm³/mol. The minimum Gasteiger partial charge on any atom is -0.497 e. The number of furan rings is 1. The third kappa shape index (κ3) is 1.89. The number of ether oxygens (including phenoxy) is 2. The number of hydrogen-bond donors (Lipinski definition) is 0. The van der Waals surface area contributed by atoms with Crippen LogP contribution in [0.25, 0.3) is 11.1 Å². The highest BCUT2D eigenvalue weighted by Gasteiger charge is 2.09. The molecular formula is C13H14O3. The normalized spacial score (nSPS) is 10.2. The van der Waals surface area contributed by atoms with E-state index in [1.54, 1.807) is 20.5 Å². The molecule has 2 rings (SSSR count). The number of rotatable bonds is 3. The molecule has 0 unspecified atom stereocenters. The van der Waals surface area contributed by atoms with Gasteiger partial charge in [-0.1, -0.05) is 0 Å². The van der Waals surface area contributed by atoms with Crippen LogP contribution in [-0.4, -0.2) is 14.2 Å². The van der Waals surface area contributed by atoms with E-state index >= 15 is 0 Å². The van der Waals surface area contributed by atoms with Gasteiger partial charge in [-0.15, -0.1) is 0 Å². The smallest absolute Gasteiger partial charge is 0.127 e. The fraction of sp³-hybridized carbons (Fsp3) is 0.231. The fourth-order valence-corrected chi connectivity index (χ4v) is 1.62. The molecule has 2 aromatic rings. The summed E-state index contributed by atoms with van der Waals surface area (Å²) in [4.78, 5) is 0. The van der Waals surface area contributed by atoms with Gasteiger partial charge in [0.15, 0.2) is 0 Å². The average molecular weight is 218 g/mol. The van der Waals surface area contributed by atoms with Crippen molar-refractivity contribution in [3.05, 3.63) is 36.3 Å². The second-order valence-corrected chi connectivity index (χ2v) is 3.51. The van der Waals surface area contributed by atoms with E-state index in [2.05, 4.69) is 0 Å². The van der Waals surface area contributed by atoms with Gasteiger partial charge >= 0.3 is 0 Å². The number of methoxy groups -OCH3 is 2. The van der Waals surface area contributed by atoms with Gasteiger partial charge in [0, 0.05) is 11.1 Å². The fourth-order valence-electron chi connectivity index (χ4n) is 1.62. The maximum atomic E-state index is 5.31. The molecule has 0 aliphatic heterocycles. The Balaban J connectivity index is 2.52. The molecule has 84 valence electrons. The SMILES string of the molecule is COc1ccc(OC)c(-c2coc(C)c2)c1. The third-order valence-electron chi connectivity index (χ3n) is 2.45. The van der Waals surface area contributed by atoms with Crippen molar-refractivity contribution in [1.29, 1.82) is 0 Å². The van der Waals surface area contributed by atoms with Gasteiger partial charge in [-0.25, -0.2) is 0 Å². The molecule has 0 aliphatic rings. The molecule has 0 saturated carbocycles. The summed E-state index contributed by atoms with van der Waals surface area (Å²) in [7, 11) is 3.30. The summed E-state index contributed by atoms with van der Waals surface area (Å²) in [6.45, 7) is 1.91. The van der Waals surface area contributed by atoms with Crippen LogP contribution in [0, 0.1) is 6.92 Å². The molecule has 0 saturated heterocycles. The first-order chi connectivity index (χ1) is 7.74. The minimum atomic E-state index is 0.801. The van der Waals surface area contributed by atoms with Crippen LogP contribution in [-0.2, 0) is 0 Å². The first-order valence-electron chi connectivity index (χ1n) is 5.02. The van der Waals surface area contributed by atoms with Gasteiger partial charge in [-0.2, -0.15) is 0 Å². The van der Waals surface area contributed by atoms with Gasteiger partial charge in [0.05, 0.1) is 20.5 Å². The van der Waals surface area contributed by atoms with Crippen molar-refractivity contribution in [2.24, 2.45) is 0 Å².